The molecule has 0 saturated carbocycles. The Morgan fingerprint density at radius 3 is 2.84 bits per heavy atom. The highest BCUT2D eigenvalue weighted by Gasteiger charge is 2.19. The van der Waals surface area contributed by atoms with E-state index < -0.39 is 0 Å². The van der Waals surface area contributed by atoms with Crippen LogP contribution in [0.1, 0.15) is 6.92 Å². The van der Waals surface area contributed by atoms with Crippen LogP contribution >= 0.6 is 46.3 Å². The topological polar surface area (TPSA) is 85.6 Å². The van der Waals surface area contributed by atoms with Gasteiger partial charge in [0.15, 0.2) is 5.13 Å². The third-order valence-corrected chi connectivity index (χ3v) is 5.80. The number of tetrazole rings is 1. The molecule has 1 aromatic carbocycles. The van der Waals surface area contributed by atoms with E-state index in [1.54, 1.807) is 26.1 Å². The van der Waals surface area contributed by atoms with Gasteiger partial charge in [0.1, 0.15) is 0 Å². The molecule has 3 aromatic rings. The minimum absolute atomic E-state index is 0.178. The van der Waals surface area contributed by atoms with Gasteiger partial charge < -0.3 is 5.32 Å². The number of carbonyl (C=O) groups is 1. The van der Waals surface area contributed by atoms with Gasteiger partial charge >= 0.3 is 0 Å². The molecule has 0 aliphatic carbocycles. The maximum Gasteiger partial charge on any atom is 0.239 e. The zero-order valence-electron chi connectivity index (χ0n) is 13.1. The first kappa shape index (κ1) is 18.1. The number of nitrogens with zero attached hydrogens (tertiary/aromatic N) is 5. The van der Waals surface area contributed by atoms with Crippen molar-refractivity contribution >= 4 is 57.3 Å². The van der Waals surface area contributed by atoms with E-state index in [0.717, 1.165) is 11.3 Å². The molecule has 3 rings (SSSR count). The number of nitrogens with one attached hydrogen (secondary N) is 1. The molecule has 25 heavy (non-hydrogen) atoms. The van der Waals surface area contributed by atoms with E-state index in [2.05, 4.69) is 25.8 Å². The lowest BCUT2D eigenvalue weighted by molar-refractivity contribution is -0.115. The lowest BCUT2D eigenvalue weighted by atomic mass is 10.2. The van der Waals surface area contributed by atoms with E-state index in [-0.39, 0.29) is 11.2 Å². The van der Waals surface area contributed by atoms with Crippen LogP contribution in [0.15, 0.2) is 28.7 Å². The first-order valence-electron chi connectivity index (χ1n) is 7.05. The highest BCUT2D eigenvalue weighted by molar-refractivity contribution is 8.00. The fourth-order valence-corrected chi connectivity index (χ4v) is 3.63. The number of hydrogen-bond acceptors (Lipinski definition) is 7. The van der Waals surface area contributed by atoms with Gasteiger partial charge in [-0.2, -0.15) is 0 Å². The van der Waals surface area contributed by atoms with Crippen LogP contribution in [0.5, 0.6) is 0 Å². The number of benzene rings is 1. The number of aromatic nitrogens is 5. The Kier molecular flexibility index (Phi) is 5.57. The van der Waals surface area contributed by atoms with Crippen molar-refractivity contribution in [2.24, 2.45) is 7.05 Å². The van der Waals surface area contributed by atoms with Gasteiger partial charge in [0.25, 0.3) is 0 Å². The van der Waals surface area contributed by atoms with Gasteiger partial charge in [-0.25, -0.2) is 9.67 Å². The van der Waals surface area contributed by atoms with E-state index in [1.807, 2.05) is 11.4 Å². The number of halogens is 2. The molecule has 0 unspecified atom stereocenters. The number of thiazole rings is 1. The van der Waals surface area contributed by atoms with Crippen molar-refractivity contribution in [1.82, 2.24) is 25.2 Å². The summed E-state index contributed by atoms with van der Waals surface area (Å²) in [6.07, 6.45) is 0. The number of anilines is 1. The molecule has 0 bridgehead atoms. The highest BCUT2D eigenvalue weighted by atomic mass is 35.5. The highest BCUT2D eigenvalue weighted by Crippen LogP contribution is 2.31. The molecule has 0 radical (unpaired) electrons. The number of thioether (sulfide) groups is 1. The van der Waals surface area contributed by atoms with Crippen molar-refractivity contribution in [3.05, 3.63) is 33.6 Å². The second-order valence-corrected chi connectivity index (χ2v) is 7.98. The summed E-state index contributed by atoms with van der Waals surface area (Å²) >= 11 is 14.6. The molecule has 0 aliphatic heterocycles. The van der Waals surface area contributed by atoms with Crippen LogP contribution in [0.4, 0.5) is 5.13 Å². The van der Waals surface area contributed by atoms with Gasteiger partial charge in [-0.15, -0.1) is 16.4 Å². The van der Waals surface area contributed by atoms with E-state index in [1.165, 1.54) is 27.8 Å². The smallest absolute Gasteiger partial charge is 0.239 e. The van der Waals surface area contributed by atoms with Gasteiger partial charge in [-0.05, 0) is 29.5 Å². The first-order valence-corrected chi connectivity index (χ1v) is 9.56. The summed E-state index contributed by atoms with van der Waals surface area (Å²) in [5.41, 5.74) is 1.55. The molecular formula is C14H12Cl2N6OS2. The molecule has 1 amide bonds. The average molecular weight is 415 g/mol. The summed E-state index contributed by atoms with van der Waals surface area (Å²) in [5.74, 6) is -0.178. The summed E-state index contributed by atoms with van der Waals surface area (Å²) in [4.78, 5) is 16.7. The fourth-order valence-electron chi connectivity index (χ4n) is 1.86. The van der Waals surface area contributed by atoms with E-state index in [9.17, 15) is 4.79 Å². The van der Waals surface area contributed by atoms with Crippen LogP contribution in [-0.4, -0.2) is 36.3 Å². The van der Waals surface area contributed by atoms with Crippen LogP contribution in [0.25, 0.3) is 11.3 Å². The second-order valence-electron chi connectivity index (χ2n) is 5.00. The lowest BCUT2D eigenvalue weighted by Gasteiger charge is -2.08. The third-order valence-electron chi connectivity index (χ3n) is 3.18. The van der Waals surface area contributed by atoms with Gasteiger partial charge in [0.05, 0.1) is 21.0 Å². The van der Waals surface area contributed by atoms with Crippen molar-refractivity contribution in [1.29, 1.82) is 0 Å². The summed E-state index contributed by atoms with van der Waals surface area (Å²) in [7, 11) is 1.72. The van der Waals surface area contributed by atoms with Crippen molar-refractivity contribution in [3.63, 3.8) is 0 Å². The molecular weight excluding hydrogens is 403 g/mol. The zero-order valence-corrected chi connectivity index (χ0v) is 16.2. The maximum absolute atomic E-state index is 12.3. The summed E-state index contributed by atoms with van der Waals surface area (Å²) in [6, 6.07) is 5.28. The Balaban J connectivity index is 1.67. The molecule has 1 N–H and O–H groups in total. The zero-order chi connectivity index (χ0) is 18.0. The monoisotopic (exact) mass is 414 g/mol. The number of hydrogen-bond donors (Lipinski definition) is 1. The maximum atomic E-state index is 12.3. The molecule has 0 spiro atoms. The standard InChI is InChI=1S/C14H12Cl2N6OS2/c1-7(25-14-19-20-21-22(14)2)12(23)18-13-17-11(6-24-13)8-3-4-9(15)10(16)5-8/h3-7H,1-2H3,(H,17,18,23)/t7-/m1/s1. The second kappa shape index (κ2) is 7.69. The number of aryl methyl sites for hydroxylation is 1. The molecule has 130 valence electrons. The van der Waals surface area contributed by atoms with Crippen LogP contribution in [-0.2, 0) is 11.8 Å². The summed E-state index contributed by atoms with van der Waals surface area (Å²) in [5, 5.41) is 17.4. The summed E-state index contributed by atoms with van der Waals surface area (Å²) < 4.78 is 1.51. The van der Waals surface area contributed by atoms with Crippen molar-refractivity contribution in [2.75, 3.05) is 5.32 Å². The molecule has 11 heteroatoms. The Hall–Kier alpha value is -1.68. The fraction of sp³-hybridized carbons (Fsp3) is 0.214. The number of carbonyl (C=O) groups excluding carboxylic acids is 1. The SMILES string of the molecule is C[C@@H](Sc1nnnn1C)C(=O)Nc1nc(-c2ccc(Cl)c(Cl)c2)cs1. The Morgan fingerprint density at radius 2 is 2.16 bits per heavy atom. The predicted molar refractivity (Wildman–Crippen MR) is 100 cm³/mol. The van der Waals surface area contributed by atoms with Crippen LogP contribution in [0.3, 0.4) is 0 Å². The molecule has 0 saturated heterocycles. The molecule has 1 atom stereocenters. The van der Waals surface area contributed by atoms with E-state index >= 15 is 0 Å². The number of rotatable bonds is 5. The lowest BCUT2D eigenvalue weighted by Crippen LogP contribution is -2.22. The molecule has 0 aliphatic rings. The predicted octanol–water partition coefficient (Wildman–Crippen LogP) is 3.76. The minimum atomic E-state index is -0.373. The number of amides is 1. The van der Waals surface area contributed by atoms with Gasteiger partial charge in [0.2, 0.25) is 11.1 Å². The Morgan fingerprint density at radius 1 is 1.36 bits per heavy atom. The minimum Gasteiger partial charge on any atom is -0.301 e. The van der Waals surface area contributed by atoms with Crippen LogP contribution in [0.2, 0.25) is 10.0 Å². The first-order chi connectivity index (χ1) is 11.9. The van der Waals surface area contributed by atoms with Crippen molar-refractivity contribution in [3.8, 4) is 11.3 Å². The largest absolute Gasteiger partial charge is 0.301 e. The normalized spacial score (nSPS) is 12.2. The van der Waals surface area contributed by atoms with Gasteiger partial charge in [0, 0.05) is 18.0 Å². The average Bonchev–Trinajstić information content (AvgIpc) is 3.20. The third kappa shape index (κ3) is 4.30. The van der Waals surface area contributed by atoms with Crippen LogP contribution < -0.4 is 5.32 Å². The summed E-state index contributed by atoms with van der Waals surface area (Å²) in [6.45, 7) is 1.78. The van der Waals surface area contributed by atoms with E-state index in [4.69, 9.17) is 23.2 Å². The van der Waals surface area contributed by atoms with Crippen molar-refractivity contribution in [2.45, 2.75) is 17.3 Å². The Bertz CT molecular complexity index is 912. The molecule has 0 fully saturated rings. The van der Waals surface area contributed by atoms with E-state index in [0.29, 0.717) is 20.3 Å². The van der Waals surface area contributed by atoms with Gasteiger partial charge in [-0.3, -0.25) is 4.79 Å². The van der Waals surface area contributed by atoms with Crippen molar-refractivity contribution < 1.29 is 4.79 Å². The van der Waals surface area contributed by atoms with Crippen LogP contribution in [0, 0.1) is 0 Å². The quantitative estimate of drug-likeness (QED) is 0.639. The van der Waals surface area contributed by atoms with Gasteiger partial charge in [-0.1, -0.05) is 41.0 Å². The molecule has 7 nitrogen and oxygen atoms in total. The molecule has 2 aromatic heterocycles. The Labute approximate surface area is 161 Å². The molecule has 2 heterocycles.